The predicted octanol–water partition coefficient (Wildman–Crippen LogP) is 4.90. The van der Waals surface area contributed by atoms with Crippen LogP contribution in [0.25, 0.3) is 0 Å². The summed E-state index contributed by atoms with van der Waals surface area (Å²) in [7, 11) is 0. The minimum atomic E-state index is -0.698. The van der Waals surface area contributed by atoms with E-state index in [-0.39, 0.29) is 17.3 Å². The van der Waals surface area contributed by atoms with Gasteiger partial charge < -0.3 is 5.11 Å². The van der Waals surface area contributed by atoms with Gasteiger partial charge in [0.15, 0.2) is 0 Å². The maximum Gasteiger partial charge on any atom is 0.304 e. The Morgan fingerprint density at radius 3 is 2.00 bits per heavy atom. The zero-order valence-electron chi connectivity index (χ0n) is 13.5. The fourth-order valence-electron chi connectivity index (χ4n) is 4.97. The summed E-state index contributed by atoms with van der Waals surface area (Å²) in [4.78, 5) is 11.1. The van der Waals surface area contributed by atoms with E-state index in [1.807, 2.05) is 19.9 Å². The number of rotatable bonds is 3. The molecule has 0 saturated heterocycles. The first-order chi connectivity index (χ1) is 8.60. The number of fused-ring (bicyclic) bond motifs is 1. The summed E-state index contributed by atoms with van der Waals surface area (Å²) in [6, 6.07) is 0. The average Bonchev–Trinajstić information content (AvgIpc) is 2.47. The quantitative estimate of drug-likeness (QED) is 0.738. The molecule has 3 unspecified atom stereocenters. The van der Waals surface area contributed by atoms with Gasteiger partial charge in [-0.3, -0.25) is 4.79 Å². The fourth-order valence-corrected chi connectivity index (χ4v) is 4.97. The van der Waals surface area contributed by atoms with Crippen LogP contribution < -0.4 is 0 Å². The van der Waals surface area contributed by atoms with Gasteiger partial charge in [-0.1, -0.05) is 47.6 Å². The lowest BCUT2D eigenvalue weighted by molar-refractivity contribution is -0.156. The molecular formula is C17H30O2. The Balaban J connectivity index is 0.000000861. The van der Waals surface area contributed by atoms with Crippen LogP contribution >= 0.6 is 0 Å². The smallest absolute Gasteiger partial charge is 0.304 e. The summed E-state index contributed by atoms with van der Waals surface area (Å²) in [5.41, 5.74) is 0.678. The van der Waals surface area contributed by atoms with Crippen LogP contribution in [-0.4, -0.2) is 11.1 Å². The third-order valence-corrected chi connectivity index (χ3v) is 6.04. The molecule has 0 aromatic heterocycles. The van der Waals surface area contributed by atoms with E-state index in [2.05, 4.69) is 34.3 Å². The van der Waals surface area contributed by atoms with Crippen molar-refractivity contribution in [3.05, 3.63) is 12.7 Å². The van der Waals surface area contributed by atoms with Crippen LogP contribution in [0.1, 0.15) is 67.2 Å². The molecule has 1 N–H and O–H groups in total. The maximum atomic E-state index is 11.1. The first kappa shape index (κ1) is 16.3. The zero-order chi connectivity index (χ0) is 15.1. The van der Waals surface area contributed by atoms with E-state index in [0.29, 0.717) is 10.8 Å². The van der Waals surface area contributed by atoms with Crippen LogP contribution in [0.2, 0.25) is 0 Å². The second-order valence-electron chi connectivity index (χ2n) is 7.44. The first-order valence-electron chi connectivity index (χ1n) is 7.45. The molecule has 0 amide bonds. The van der Waals surface area contributed by atoms with Crippen molar-refractivity contribution in [2.75, 3.05) is 0 Å². The molecule has 0 aliphatic heterocycles. The minimum absolute atomic E-state index is 0.191. The third kappa shape index (κ3) is 2.13. The molecule has 19 heavy (non-hydrogen) atoms. The Kier molecular flexibility index (Phi) is 3.97. The fraction of sp³-hybridized carbons (Fsp3) is 0.824. The molecule has 0 heterocycles. The lowest BCUT2D eigenvalue weighted by atomic mass is 9.40. The van der Waals surface area contributed by atoms with Gasteiger partial charge in [-0.25, -0.2) is 0 Å². The molecule has 2 aliphatic carbocycles. The predicted molar refractivity (Wildman–Crippen MR) is 80.1 cm³/mol. The van der Waals surface area contributed by atoms with E-state index in [1.54, 1.807) is 0 Å². The number of carboxylic acid groups (broad SMARTS) is 1. The van der Waals surface area contributed by atoms with Gasteiger partial charge in [0.2, 0.25) is 0 Å². The van der Waals surface area contributed by atoms with Gasteiger partial charge in [0.25, 0.3) is 0 Å². The Morgan fingerprint density at radius 1 is 1.16 bits per heavy atom. The van der Waals surface area contributed by atoms with Crippen LogP contribution in [0.5, 0.6) is 0 Å². The standard InChI is InChI=1S/C15H24O2.C2H6/c1-6-15(7-11(16)17)9-13(4)8-12(2,3)14(13,5)10-15;1-2/h6H,1,7-10H2,2-5H3,(H,16,17);1-2H3. The highest BCUT2D eigenvalue weighted by molar-refractivity contribution is 5.68. The normalized spacial score (nSPS) is 42.4. The second kappa shape index (κ2) is 4.64. The molecule has 2 nitrogen and oxygen atoms in total. The second-order valence-corrected chi connectivity index (χ2v) is 7.44. The van der Waals surface area contributed by atoms with Crippen molar-refractivity contribution in [1.82, 2.24) is 0 Å². The van der Waals surface area contributed by atoms with Crippen LogP contribution in [0.15, 0.2) is 12.7 Å². The van der Waals surface area contributed by atoms with Crippen LogP contribution in [0.4, 0.5) is 0 Å². The van der Waals surface area contributed by atoms with E-state index >= 15 is 0 Å². The maximum absolute atomic E-state index is 11.1. The van der Waals surface area contributed by atoms with Gasteiger partial charge in [-0.05, 0) is 40.9 Å². The van der Waals surface area contributed by atoms with Crippen molar-refractivity contribution in [1.29, 1.82) is 0 Å². The third-order valence-electron chi connectivity index (χ3n) is 6.04. The Morgan fingerprint density at radius 2 is 1.68 bits per heavy atom. The summed E-state index contributed by atoms with van der Waals surface area (Å²) in [5.74, 6) is -0.698. The summed E-state index contributed by atoms with van der Waals surface area (Å²) in [6.07, 6.45) is 5.30. The Bertz CT molecular complexity index is 385. The highest BCUT2D eigenvalue weighted by Gasteiger charge is 2.71. The average molecular weight is 266 g/mol. The van der Waals surface area contributed by atoms with Crippen molar-refractivity contribution in [3.63, 3.8) is 0 Å². The van der Waals surface area contributed by atoms with E-state index in [1.165, 1.54) is 6.42 Å². The number of allylic oxidation sites excluding steroid dienone is 1. The van der Waals surface area contributed by atoms with Crippen LogP contribution in [-0.2, 0) is 4.79 Å². The molecule has 2 heteroatoms. The van der Waals surface area contributed by atoms with Crippen molar-refractivity contribution in [3.8, 4) is 0 Å². The molecule has 0 bridgehead atoms. The summed E-state index contributed by atoms with van der Waals surface area (Å²) >= 11 is 0. The number of hydrogen-bond donors (Lipinski definition) is 1. The molecule has 0 aromatic carbocycles. The number of carboxylic acids is 1. The van der Waals surface area contributed by atoms with Gasteiger partial charge >= 0.3 is 5.97 Å². The molecule has 2 aliphatic rings. The molecule has 0 spiro atoms. The van der Waals surface area contributed by atoms with Crippen molar-refractivity contribution in [2.24, 2.45) is 21.7 Å². The van der Waals surface area contributed by atoms with Crippen LogP contribution in [0, 0.1) is 21.7 Å². The topological polar surface area (TPSA) is 37.3 Å². The number of hydrogen-bond acceptors (Lipinski definition) is 1. The van der Waals surface area contributed by atoms with Gasteiger partial charge in [-0.2, -0.15) is 0 Å². The SMILES string of the molecule is C=CC1(CC(=O)O)CC2(C)CC(C)(C)C2(C)C1.CC. The van der Waals surface area contributed by atoms with E-state index in [9.17, 15) is 4.79 Å². The molecular weight excluding hydrogens is 236 g/mol. The summed E-state index contributed by atoms with van der Waals surface area (Å²) in [5, 5.41) is 9.11. The number of aliphatic carboxylic acids is 1. The van der Waals surface area contributed by atoms with Crippen molar-refractivity contribution >= 4 is 5.97 Å². The van der Waals surface area contributed by atoms with E-state index in [4.69, 9.17) is 5.11 Å². The van der Waals surface area contributed by atoms with Crippen LogP contribution in [0.3, 0.4) is 0 Å². The van der Waals surface area contributed by atoms with Crippen molar-refractivity contribution < 1.29 is 9.90 Å². The summed E-state index contributed by atoms with van der Waals surface area (Å²) in [6.45, 7) is 17.2. The molecule has 0 aromatic rings. The molecule has 2 saturated carbocycles. The molecule has 110 valence electrons. The van der Waals surface area contributed by atoms with Gasteiger partial charge in [-0.15, -0.1) is 6.58 Å². The summed E-state index contributed by atoms with van der Waals surface area (Å²) < 4.78 is 0. The van der Waals surface area contributed by atoms with Crippen molar-refractivity contribution in [2.45, 2.75) is 67.2 Å². The lowest BCUT2D eigenvalue weighted by Gasteiger charge is -2.64. The molecule has 3 atom stereocenters. The molecule has 0 radical (unpaired) electrons. The monoisotopic (exact) mass is 266 g/mol. The largest absolute Gasteiger partial charge is 0.481 e. The highest BCUT2D eigenvalue weighted by atomic mass is 16.4. The number of carbonyl (C=O) groups is 1. The van der Waals surface area contributed by atoms with E-state index in [0.717, 1.165) is 12.8 Å². The first-order valence-corrected chi connectivity index (χ1v) is 7.45. The minimum Gasteiger partial charge on any atom is -0.481 e. The van der Waals surface area contributed by atoms with Gasteiger partial charge in [0.1, 0.15) is 0 Å². The Hall–Kier alpha value is -0.790. The highest BCUT2D eigenvalue weighted by Crippen LogP contribution is 2.79. The van der Waals surface area contributed by atoms with Gasteiger partial charge in [0, 0.05) is 0 Å². The molecule has 2 rings (SSSR count). The zero-order valence-corrected chi connectivity index (χ0v) is 13.5. The van der Waals surface area contributed by atoms with E-state index < -0.39 is 5.97 Å². The lowest BCUT2D eigenvalue weighted by Crippen LogP contribution is -2.57. The molecule has 2 fully saturated rings. The van der Waals surface area contributed by atoms with Gasteiger partial charge in [0.05, 0.1) is 6.42 Å². The Labute approximate surface area is 118 Å².